The Morgan fingerprint density at radius 1 is 1.18 bits per heavy atom. The monoisotopic (exact) mass is 387 g/mol. The third kappa shape index (κ3) is 5.04. The minimum Gasteiger partial charge on any atom is -0.445 e. The van der Waals surface area contributed by atoms with E-state index in [1.807, 2.05) is 35.2 Å². The van der Waals surface area contributed by atoms with Gasteiger partial charge in [-0.25, -0.2) is 4.79 Å². The quantitative estimate of drug-likeness (QED) is 0.814. The highest BCUT2D eigenvalue weighted by Gasteiger charge is 2.38. The molecule has 0 radical (unpaired) electrons. The lowest BCUT2D eigenvalue weighted by Gasteiger charge is -2.39. The molecule has 1 aliphatic heterocycles. The summed E-state index contributed by atoms with van der Waals surface area (Å²) in [5, 5.41) is 2.75. The van der Waals surface area contributed by atoms with Crippen LogP contribution >= 0.6 is 0 Å². The molecule has 0 unspecified atom stereocenters. The first-order valence-corrected chi connectivity index (χ1v) is 10.5. The molecule has 2 aliphatic rings. The molecule has 28 heavy (non-hydrogen) atoms. The molecule has 1 aromatic carbocycles. The molecule has 0 bridgehead atoms. The zero-order valence-corrected chi connectivity index (χ0v) is 17.3. The second kappa shape index (κ2) is 9.41. The van der Waals surface area contributed by atoms with Crippen LogP contribution in [-0.4, -0.2) is 59.6 Å². The summed E-state index contributed by atoms with van der Waals surface area (Å²) in [5.74, 6) is 0.0392. The molecule has 2 fully saturated rings. The zero-order chi connectivity index (χ0) is 20.1. The normalized spacial score (nSPS) is 25.4. The van der Waals surface area contributed by atoms with Gasteiger partial charge in [0.1, 0.15) is 12.6 Å². The maximum Gasteiger partial charge on any atom is 0.408 e. The molecule has 2 amide bonds. The van der Waals surface area contributed by atoms with Gasteiger partial charge in [0, 0.05) is 24.7 Å². The van der Waals surface area contributed by atoms with Gasteiger partial charge in [-0.3, -0.25) is 4.79 Å². The van der Waals surface area contributed by atoms with E-state index in [9.17, 15) is 9.59 Å². The van der Waals surface area contributed by atoms with Crippen LogP contribution in [0.1, 0.15) is 51.5 Å². The molecule has 1 atom stereocenters. The predicted molar refractivity (Wildman–Crippen MR) is 109 cm³/mol. The fraction of sp³-hybridized carbons (Fsp3) is 0.636. The van der Waals surface area contributed by atoms with Crippen LogP contribution in [0.25, 0.3) is 0 Å². The number of carbonyl (C=O) groups excluding carboxylic acids is 2. The van der Waals surface area contributed by atoms with Gasteiger partial charge >= 0.3 is 6.09 Å². The summed E-state index contributed by atoms with van der Waals surface area (Å²) < 4.78 is 5.26. The number of hydrogen-bond donors (Lipinski definition) is 1. The van der Waals surface area contributed by atoms with Gasteiger partial charge in [-0.15, -0.1) is 0 Å². The van der Waals surface area contributed by atoms with Crippen LogP contribution in [0, 0.1) is 0 Å². The number of carbonyl (C=O) groups is 2. The van der Waals surface area contributed by atoms with E-state index in [1.54, 1.807) is 0 Å². The maximum absolute atomic E-state index is 12.8. The summed E-state index contributed by atoms with van der Waals surface area (Å²) in [4.78, 5) is 29.3. The smallest absolute Gasteiger partial charge is 0.408 e. The molecule has 1 aromatic rings. The van der Waals surface area contributed by atoms with Crippen LogP contribution in [0.4, 0.5) is 4.79 Å². The highest BCUT2D eigenvalue weighted by Crippen LogP contribution is 2.29. The molecule has 0 spiro atoms. The van der Waals surface area contributed by atoms with Gasteiger partial charge in [0.25, 0.3) is 0 Å². The summed E-state index contributed by atoms with van der Waals surface area (Å²) in [5.41, 5.74) is 0.931. The number of likely N-dealkylation sites (tertiary alicyclic amines) is 1. The van der Waals surface area contributed by atoms with Crippen molar-refractivity contribution in [2.24, 2.45) is 0 Å². The third-order valence-electron chi connectivity index (χ3n) is 6.24. The third-order valence-corrected chi connectivity index (χ3v) is 6.24. The highest BCUT2D eigenvalue weighted by molar-refractivity contribution is 5.87. The summed E-state index contributed by atoms with van der Waals surface area (Å²) in [7, 11) is 2.19. The number of alkyl carbamates (subject to hydrolysis) is 1. The summed E-state index contributed by atoms with van der Waals surface area (Å²) >= 11 is 0. The molecule has 6 heteroatoms. The average Bonchev–Trinajstić information content (AvgIpc) is 3.07. The standard InChI is InChI=1S/C22H33N3O3/c1-16(2)24(3)18-9-11-19(12-10-18)25-14-13-20(21(25)26)23-22(27)28-15-17-7-5-4-6-8-17/h4-8,16,18-20H,9-15H2,1-3H3,(H,23,27)/t18?,19?,20-/m0/s1. The van der Waals surface area contributed by atoms with E-state index in [0.29, 0.717) is 24.5 Å². The van der Waals surface area contributed by atoms with E-state index >= 15 is 0 Å². The molecule has 3 rings (SSSR count). The fourth-order valence-corrected chi connectivity index (χ4v) is 4.30. The fourth-order valence-electron chi connectivity index (χ4n) is 4.30. The number of ether oxygens (including phenoxy) is 1. The average molecular weight is 388 g/mol. The Morgan fingerprint density at radius 3 is 2.50 bits per heavy atom. The molecule has 154 valence electrons. The lowest BCUT2D eigenvalue weighted by Crippen LogP contribution is -2.48. The van der Waals surface area contributed by atoms with Gasteiger partial charge < -0.3 is 19.9 Å². The van der Waals surface area contributed by atoms with Crippen LogP contribution in [0.3, 0.4) is 0 Å². The van der Waals surface area contributed by atoms with Crippen molar-refractivity contribution >= 4 is 12.0 Å². The van der Waals surface area contributed by atoms with Crippen LogP contribution in [-0.2, 0) is 16.1 Å². The molecule has 1 saturated heterocycles. The molecule has 1 saturated carbocycles. The van der Waals surface area contributed by atoms with E-state index in [4.69, 9.17) is 4.74 Å². The van der Waals surface area contributed by atoms with Crippen molar-refractivity contribution < 1.29 is 14.3 Å². The first-order valence-electron chi connectivity index (χ1n) is 10.5. The Morgan fingerprint density at radius 2 is 1.86 bits per heavy atom. The molecular weight excluding hydrogens is 354 g/mol. The largest absolute Gasteiger partial charge is 0.445 e. The van der Waals surface area contributed by atoms with Crippen molar-refractivity contribution in [1.82, 2.24) is 15.1 Å². The molecule has 1 aliphatic carbocycles. The second-order valence-electron chi connectivity index (χ2n) is 8.30. The van der Waals surface area contributed by atoms with E-state index < -0.39 is 12.1 Å². The van der Waals surface area contributed by atoms with E-state index in [0.717, 1.165) is 37.8 Å². The van der Waals surface area contributed by atoms with Gasteiger partial charge in [-0.1, -0.05) is 30.3 Å². The summed E-state index contributed by atoms with van der Waals surface area (Å²) in [6.45, 7) is 5.38. The first kappa shape index (κ1) is 20.6. The van der Waals surface area contributed by atoms with Crippen molar-refractivity contribution in [3.63, 3.8) is 0 Å². The highest BCUT2D eigenvalue weighted by atomic mass is 16.5. The summed E-state index contributed by atoms with van der Waals surface area (Å²) in [6, 6.07) is 10.5. The number of nitrogens with zero attached hydrogens (tertiary/aromatic N) is 2. The van der Waals surface area contributed by atoms with E-state index in [1.165, 1.54) is 0 Å². The predicted octanol–water partition coefficient (Wildman–Crippen LogP) is 3.17. The number of rotatable bonds is 6. The maximum atomic E-state index is 12.8. The van der Waals surface area contributed by atoms with Crippen molar-refractivity contribution in [2.75, 3.05) is 13.6 Å². The second-order valence-corrected chi connectivity index (χ2v) is 8.30. The Hall–Kier alpha value is -2.08. The van der Waals surface area contributed by atoms with Crippen molar-refractivity contribution in [2.45, 2.75) is 76.7 Å². The first-order chi connectivity index (χ1) is 13.5. The van der Waals surface area contributed by atoms with Crippen LogP contribution in [0.15, 0.2) is 30.3 Å². The minimum atomic E-state index is -0.522. The lowest BCUT2D eigenvalue weighted by atomic mass is 9.89. The lowest BCUT2D eigenvalue weighted by molar-refractivity contribution is -0.132. The topological polar surface area (TPSA) is 61.9 Å². The molecule has 1 N–H and O–H groups in total. The summed E-state index contributed by atoms with van der Waals surface area (Å²) in [6.07, 6.45) is 4.47. The van der Waals surface area contributed by atoms with Crippen molar-refractivity contribution in [3.8, 4) is 0 Å². The Bertz CT molecular complexity index is 656. The van der Waals surface area contributed by atoms with Crippen molar-refractivity contribution in [1.29, 1.82) is 0 Å². The van der Waals surface area contributed by atoms with Gasteiger partial charge in [0.05, 0.1) is 0 Å². The van der Waals surface area contributed by atoms with E-state index in [2.05, 4.69) is 31.1 Å². The zero-order valence-electron chi connectivity index (χ0n) is 17.3. The van der Waals surface area contributed by atoms with Gasteiger partial charge in [0.15, 0.2) is 0 Å². The molecule has 1 heterocycles. The van der Waals surface area contributed by atoms with Gasteiger partial charge in [-0.05, 0) is 58.6 Å². The van der Waals surface area contributed by atoms with E-state index in [-0.39, 0.29) is 12.5 Å². The molecular formula is C22H33N3O3. The Labute approximate surface area is 168 Å². The number of nitrogens with one attached hydrogen (secondary N) is 1. The van der Waals surface area contributed by atoms with Gasteiger partial charge in [-0.2, -0.15) is 0 Å². The van der Waals surface area contributed by atoms with Gasteiger partial charge in [0.2, 0.25) is 5.91 Å². The van der Waals surface area contributed by atoms with Crippen molar-refractivity contribution in [3.05, 3.63) is 35.9 Å². The van der Waals surface area contributed by atoms with Crippen LogP contribution in [0.2, 0.25) is 0 Å². The van der Waals surface area contributed by atoms with Crippen LogP contribution < -0.4 is 5.32 Å². The number of benzene rings is 1. The Kier molecular flexibility index (Phi) is 6.94. The minimum absolute atomic E-state index is 0.0392. The molecule has 0 aromatic heterocycles. The van der Waals surface area contributed by atoms with Crippen LogP contribution in [0.5, 0.6) is 0 Å². The Balaban J connectivity index is 1.44. The number of amides is 2. The molecule has 6 nitrogen and oxygen atoms in total. The SMILES string of the molecule is CC(C)N(C)C1CCC(N2CC[C@H](NC(=O)OCc3ccccc3)C2=O)CC1. The number of hydrogen-bond acceptors (Lipinski definition) is 4.